The maximum Gasteiger partial charge on any atom is 0.251 e. The molecule has 1 heterocycles. The Kier molecular flexibility index (Phi) is 8.89. The Hall–Kier alpha value is -1.30. The molecule has 6 heteroatoms. The zero-order chi connectivity index (χ0) is 14.9. The Balaban J connectivity index is 0.00000242. The van der Waals surface area contributed by atoms with Gasteiger partial charge < -0.3 is 20.1 Å². The fourth-order valence-electron chi connectivity index (χ4n) is 2.34. The van der Waals surface area contributed by atoms with E-state index in [1.54, 1.807) is 19.2 Å². The van der Waals surface area contributed by atoms with Crippen LogP contribution in [0.4, 0.5) is 0 Å². The average Bonchev–Trinajstić information content (AvgIpc) is 3.03. The molecule has 1 atom stereocenters. The molecule has 1 saturated heterocycles. The largest absolute Gasteiger partial charge is 0.494 e. The summed E-state index contributed by atoms with van der Waals surface area (Å²) in [5.41, 5.74) is 0.664. The van der Waals surface area contributed by atoms with Crippen LogP contribution in [-0.4, -0.2) is 45.4 Å². The number of hydrogen-bond acceptors (Lipinski definition) is 4. The highest BCUT2D eigenvalue weighted by atomic mass is 35.5. The molecule has 1 aromatic carbocycles. The van der Waals surface area contributed by atoms with Crippen molar-refractivity contribution in [1.82, 2.24) is 10.6 Å². The van der Waals surface area contributed by atoms with Crippen molar-refractivity contribution in [3.8, 4) is 5.75 Å². The standard InChI is InChI=1S/C16H24N2O3.ClH/c1-20-10-3-11-21-15-7-5-13(6-8-15)16(19)18-12-14-4-2-9-17-14;/h5-8,14,17H,2-4,9-12H2,1H3,(H,18,19);1H. The first-order chi connectivity index (χ1) is 10.3. The predicted molar refractivity (Wildman–Crippen MR) is 89.0 cm³/mol. The highest BCUT2D eigenvalue weighted by Gasteiger charge is 2.15. The lowest BCUT2D eigenvalue weighted by molar-refractivity contribution is 0.0950. The van der Waals surface area contributed by atoms with Gasteiger partial charge >= 0.3 is 0 Å². The van der Waals surface area contributed by atoms with E-state index in [1.165, 1.54) is 6.42 Å². The van der Waals surface area contributed by atoms with Gasteiger partial charge in [0.1, 0.15) is 5.75 Å². The summed E-state index contributed by atoms with van der Waals surface area (Å²) in [6.07, 6.45) is 3.18. The fourth-order valence-corrected chi connectivity index (χ4v) is 2.34. The van der Waals surface area contributed by atoms with E-state index >= 15 is 0 Å². The number of hydrogen-bond donors (Lipinski definition) is 2. The van der Waals surface area contributed by atoms with Crippen LogP contribution in [0.5, 0.6) is 5.75 Å². The molecule has 0 aliphatic carbocycles. The number of carbonyl (C=O) groups excluding carboxylic acids is 1. The van der Waals surface area contributed by atoms with Crippen molar-refractivity contribution in [3.05, 3.63) is 29.8 Å². The van der Waals surface area contributed by atoms with Crippen LogP contribution in [0.25, 0.3) is 0 Å². The van der Waals surface area contributed by atoms with Gasteiger partial charge in [0.05, 0.1) is 6.61 Å². The number of methoxy groups -OCH3 is 1. The van der Waals surface area contributed by atoms with Crippen LogP contribution in [0.1, 0.15) is 29.6 Å². The summed E-state index contributed by atoms with van der Waals surface area (Å²) in [5, 5.41) is 6.32. The maximum atomic E-state index is 12.0. The van der Waals surface area contributed by atoms with Crippen LogP contribution >= 0.6 is 12.4 Å². The lowest BCUT2D eigenvalue weighted by atomic mass is 10.2. The first kappa shape index (κ1) is 18.7. The molecule has 22 heavy (non-hydrogen) atoms. The number of benzene rings is 1. The lowest BCUT2D eigenvalue weighted by Gasteiger charge is -2.12. The van der Waals surface area contributed by atoms with Crippen LogP contribution in [0.15, 0.2) is 24.3 Å². The summed E-state index contributed by atoms with van der Waals surface area (Å²) >= 11 is 0. The maximum absolute atomic E-state index is 12.0. The molecule has 2 rings (SSSR count). The van der Waals surface area contributed by atoms with Crippen LogP contribution in [0.3, 0.4) is 0 Å². The molecule has 1 aromatic rings. The van der Waals surface area contributed by atoms with E-state index in [0.29, 0.717) is 31.4 Å². The Labute approximate surface area is 138 Å². The Morgan fingerprint density at radius 1 is 1.32 bits per heavy atom. The molecule has 0 saturated carbocycles. The van der Waals surface area contributed by atoms with Gasteiger partial charge in [-0.3, -0.25) is 4.79 Å². The van der Waals surface area contributed by atoms with Gasteiger partial charge in [0, 0.05) is 38.3 Å². The minimum absolute atomic E-state index is 0. The fraction of sp³-hybridized carbons (Fsp3) is 0.562. The molecular weight excluding hydrogens is 304 g/mol. The van der Waals surface area contributed by atoms with Crippen molar-refractivity contribution in [1.29, 1.82) is 0 Å². The Morgan fingerprint density at radius 2 is 2.09 bits per heavy atom. The molecule has 1 unspecified atom stereocenters. The third-order valence-electron chi connectivity index (χ3n) is 3.55. The van der Waals surface area contributed by atoms with Gasteiger partial charge in [-0.25, -0.2) is 0 Å². The van der Waals surface area contributed by atoms with Crippen molar-refractivity contribution in [2.75, 3.05) is 33.4 Å². The van der Waals surface area contributed by atoms with Crippen molar-refractivity contribution >= 4 is 18.3 Å². The highest BCUT2D eigenvalue weighted by Crippen LogP contribution is 2.12. The molecule has 124 valence electrons. The van der Waals surface area contributed by atoms with Gasteiger partial charge in [0.2, 0.25) is 0 Å². The van der Waals surface area contributed by atoms with E-state index in [1.807, 2.05) is 12.1 Å². The van der Waals surface area contributed by atoms with E-state index in [-0.39, 0.29) is 18.3 Å². The summed E-state index contributed by atoms with van der Waals surface area (Å²) in [5.74, 6) is 0.745. The molecule has 2 N–H and O–H groups in total. The number of nitrogens with one attached hydrogen (secondary N) is 2. The summed E-state index contributed by atoms with van der Waals surface area (Å²) in [4.78, 5) is 12.0. The molecule has 0 bridgehead atoms. The summed E-state index contributed by atoms with van der Waals surface area (Å²) in [7, 11) is 1.68. The molecule has 1 aliphatic heterocycles. The zero-order valence-corrected chi connectivity index (χ0v) is 13.8. The second-order valence-electron chi connectivity index (χ2n) is 5.22. The Bertz CT molecular complexity index is 434. The average molecular weight is 329 g/mol. The van der Waals surface area contributed by atoms with Gasteiger partial charge in [-0.1, -0.05) is 0 Å². The van der Waals surface area contributed by atoms with E-state index < -0.39 is 0 Å². The first-order valence-electron chi connectivity index (χ1n) is 7.53. The molecule has 0 radical (unpaired) electrons. The van der Waals surface area contributed by atoms with Gasteiger partial charge in [-0.2, -0.15) is 0 Å². The van der Waals surface area contributed by atoms with Crippen molar-refractivity contribution in [2.45, 2.75) is 25.3 Å². The van der Waals surface area contributed by atoms with Crippen molar-refractivity contribution in [2.24, 2.45) is 0 Å². The van der Waals surface area contributed by atoms with E-state index in [0.717, 1.165) is 25.1 Å². The van der Waals surface area contributed by atoms with E-state index in [2.05, 4.69) is 10.6 Å². The van der Waals surface area contributed by atoms with Crippen LogP contribution in [-0.2, 0) is 4.74 Å². The summed E-state index contributed by atoms with van der Waals surface area (Å²) < 4.78 is 10.5. The second-order valence-corrected chi connectivity index (χ2v) is 5.22. The summed E-state index contributed by atoms with van der Waals surface area (Å²) in [6.45, 7) is 3.05. The number of amides is 1. The van der Waals surface area contributed by atoms with Gasteiger partial charge in [0.25, 0.3) is 5.91 Å². The van der Waals surface area contributed by atoms with E-state index in [9.17, 15) is 4.79 Å². The van der Waals surface area contributed by atoms with Crippen LogP contribution in [0.2, 0.25) is 0 Å². The van der Waals surface area contributed by atoms with E-state index in [4.69, 9.17) is 9.47 Å². The molecule has 1 fully saturated rings. The lowest BCUT2D eigenvalue weighted by Crippen LogP contribution is -2.37. The SMILES string of the molecule is COCCCOc1ccc(C(=O)NCC2CCCN2)cc1.Cl. The molecular formula is C16H25ClN2O3. The molecule has 1 amide bonds. The number of ether oxygens (including phenoxy) is 2. The number of rotatable bonds is 8. The van der Waals surface area contributed by atoms with Crippen molar-refractivity contribution < 1.29 is 14.3 Å². The normalized spacial score (nSPS) is 16.9. The monoisotopic (exact) mass is 328 g/mol. The number of halogens is 1. The Morgan fingerprint density at radius 3 is 2.73 bits per heavy atom. The molecule has 0 spiro atoms. The number of carbonyl (C=O) groups is 1. The highest BCUT2D eigenvalue weighted by molar-refractivity contribution is 5.94. The molecule has 5 nitrogen and oxygen atoms in total. The smallest absolute Gasteiger partial charge is 0.251 e. The van der Waals surface area contributed by atoms with Crippen LogP contribution < -0.4 is 15.4 Å². The van der Waals surface area contributed by atoms with Gasteiger partial charge in [-0.05, 0) is 43.7 Å². The zero-order valence-electron chi connectivity index (χ0n) is 13.0. The molecule has 1 aliphatic rings. The van der Waals surface area contributed by atoms with Crippen LogP contribution in [0, 0.1) is 0 Å². The minimum Gasteiger partial charge on any atom is -0.494 e. The minimum atomic E-state index is -0.0327. The van der Waals surface area contributed by atoms with Gasteiger partial charge in [0.15, 0.2) is 0 Å². The third-order valence-corrected chi connectivity index (χ3v) is 3.55. The first-order valence-corrected chi connectivity index (χ1v) is 7.53. The predicted octanol–water partition coefficient (Wildman–Crippen LogP) is 2.01. The second kappa shape index (κ2) is 10.4. The topological polar surface area (TPSA) is 59.6 Å². The van der Waals surface area contributed by atoms with Crippen molar-refractivity contribution in [3.63, 3.8) is 0 Å². The quantitative estimate of drug-likeness (QED) is 0.717. The molecule has 0 aromatic heterocycles. The van der Waals surface area contributed by atoms with Gasteiger partial charge in [-0.15, -0.1) is 12.4 Å². The third kappa shape index (κ3) is 6.22. The summed E-state index contributed by atoms with van der Waals surface area (Å²) in [6, 6.07) is 7.66.